The zero-order chi connectivity index (χ0) is 64.1. The summed E-state index contributed by atoms with van der Waals surface area (Å²) in [5, 5.41) is 2.78. The molecule has 24 heteroatoms. The molecular weight excluding hydrogens is 1220 g/mol. The fourth-order valence-corrected chi connectivity index (χ4v) is 16.0. The molecule has 478 valence electrons. The van der Waals surface area contributed by atoms with Gasteiger partial charge in [-0.1, -0.05) is 73.3 Å². The van der Waals surface area contributed by atoms with Crippen molar-refractivity contribution in [1.82, 2.24) is 49.5 Å². The first-order valence-electron chi connectivity index (χ1n) is 31.1. The number of aromatic nitrogens is 6. The van der Waals surface area contributed by atoms with Crippen LogP contribution in [0.1, 0.15) is 68.5 Å². The van der Waals surface area contributed by atoms with E-state index in [-0.39, 0.29) is 132 Å². The van der Waals surface area contributed by atoms with Crippen molar-refractivity contribution in [1.29, 1.82) is 0 Å². The van der Waals surface area contributed by atoms with Crippen LogP contribution in [-0.2, 0) is 9.59 Å². The Bertz CT molecular complexity index is 4320. The van der Waals surface area contributed by atoms with Gasteiger partial charge in [0.25, 0.3) is 6.43 Å². The first-order chi connectivity index (χ1) is 44.4. The summed E-state index contributed by atoms with van der Waals surface area (Å²) in [6, 6.07) is 15.1. The number of amides is 2. The van der Waals surface area contributed by atoms with Crippen LogP contribution in [0.4, 0.5) is 42.4 Å². The number of carbonyl (C=O) groups excluding carboxylic acids is 2. The topological polar surface area (TPSA) is 149 Å². The lowest BCUT2D eigenvalue weighted by atomic mass is 9.90. The molecule has 16 nitrogen and oxygen atoms in total. The van der Waals surface area contributed by atoms with Gasteiger partial charge in [0.2, 0.25) is 11.8 Å². The van der Waals surface area contributed by atoms with Crippen molar-refractivity contribution in [2.24, 2.45) is 0 Å². The van der Waals surface area contributed by atoms with Gasteiger partial charge in [-0.25, -0.2) is 30.7 Å². The molecule has 0 aliphatic carbocycles. The number of hydrogen-bond acceptors (Lipinski definition) is 14. The zero-order valence-electron chi connectivity index (χ0n) is 50.7. The highest BCUT2D eigenvalue weighted by Crippen LogP contribution is 2.52. The van der Waals surface area contributed by atoms with Crippen molar-refractivity contribution >= 4 is 78.4 Å². The van der Waals surface area contributed by atoms with Crippen molar-refractivity contribution in [3.8, 4) is 34.5 Å². The van der Waals surface area contributed by atoms with E-state index in [0.717, 1.165) is 25.5 Å². The van der Waals surface area contributed by atoms with E-state index in [4.69, 9.17) is 41.0 Å². The number of pyridine rings is 2. The van der Waals surface area contributed by atoms with E-state index in [1.807, 2.05) is 28.0 Å². The summed E-state index contributed by atoms with van der Waals surface area (Å²) >= 11 is 6.73. The lowest BCUT2D eigenvalue weighted by molar-refractivity contribution is -0.125. The molecule has 1 unspecified atom stereocenters. The molecule has 4 aromatic carbocycles. The average molecular weight is 1280 g/mol. The number of ether oxygens (including phenoxy) is 2. The Labute approximate surface area is 530 Å². The second-order valence-electron chi connectivity index (χ2n) is 25.4. The van der Waals surface area contributed by atoms with Crippen LogP contribution in [-0.4, -0.2) is 176 Å². The molecule has 10 heterocycles. The smallest absolute Gasteiger partial charge is 0.319 e. The highest BCUT2D eigenvalue weighted by molar-refractivity contribution is 6.36. The number of benzene rings is 4. The Morgan fingerprint density at radius 3 is 1.98 bits per heavy atom. The molecule has 6 aliphatic heterocycles. The highest BCUT2D eigenvalue weighted by atomic mass is 35.5. The van der Waals surface area contributed by atoms with Gasteiger partial charge in [0.05, 0.1) is 28.4 Å². The van der Waals surface area contributed by atoms with Crippen LogP contribution in [0.5, 0.6) is 12.0 Å². The number of likely N-dealkylation sites (tertiary alicyclic amines) is 2. The molecule has 0 radical (unpaired) electrons. The molecule has 0 saturated carbocycles. The molecule has 8 aromatic rings. The second-order valence-corrected chi connectivity index (χ2v) is 25.8. The first kappa shape index (κ1) is 61.2. The third kappa shape index (κ3) is 10.5. The van der Waals surface area contributed by atoms with E-state index < -0.39 is 65.9 Å². The largest absolute Gasteiger partial charge is 0.461 e. The van der Waals surface area contributed by atoms with Crippen LogP contribution in [0.25, 0.3) is 65.9 Å². The fourth-order valence-electron chi connectivity index (χ4n) is 15.7. The van der Waals surface area contributed by atoms with Crippen LogP contribution >= 0.6 is 11.6 Å². The summed E-state index contributed by atoms with van der Waals surface area (Å²) in [6.07, 6.45) is 3.39. The van der Waals surface area contributed by atoms with E-state index in [0.29, 0.717) is 82.4 Å². The van der Waals surface area contributed by atoms with Crippen molar-refractivity contribution in [3.05, 3.63) is 132 Å². The Hall–Kier alpha value is -8.28. The van der Waals surface area contributed by atoms with Crippen LogP contribution < -0.4 is 19.3 Å². The molecule has 6 saturated heterocycles. The maximum atomic E-state index is 18.0. The molecule has 0 bridgehead atoms. The number of rotatable bonds is 17. The second kappa shape index (κ2) is 24.0. The van der Waals surface area contributed by atoms with Crippen molar-refractivity contribution in [3.63, 3.8) is 0 Å². The molecule has 6 aliphatic rings. The van der Waals surface area contributed by atoms with Gasteiger partial charge in [0.15, 0.2) is 11.6 Å². The van der Waals surface area contributed by atoms with E-state index >= 15 is 17.6 Å². The van der Waals surface area contributed by atoms with Crippen LogP contribution in [0, 0.1) is 24.4 Å². The first-order valence-corrected chi connectivity index (χ1v) is 31.5. The number of halogens is 8. The van der Waals surface area contributed by atoms with Gasteiger partial charge >= 0.3 is 12.0 Å². The van der Waals surface area contributed by atoms with Crippen LogP contribution in [0.2, 0.25) is 5.02 Å². The van der Waals surface area contributed by atoms with Crippen molar-refractivity contribution in [2.45, 2.75) is 106 Å². The lowest BCUT2D eigenvalue weighted by Gasteiger charge is -2.35. The lowest BCUT2D eigenvalue weighted by Crippen LogP contribution is -2.44. The fraction of sp³-hybridized carbons (Fsp3) is 0.412. The minimum atomic E-state index is -2.90. The third-order valence-electron chi connectivity index (χ3n) is 20.2. The zero-order valence-corrected chi connectivity index (χ0v) is 51.5. The quantitative estimate of drug-likeness (QED) is 0.0628. The summed E-state index contributed by atoms with van der Waals surface area (Å²) in [7, 11) is 1.81. The number of likely N-dealkylation sites (N-methyl/N-ethyl adjacent to an activating group) is 1. The molecule has 92 heavy (non-hydrogen) atoms. The van der Waals surface area contributed by atoms with Gasteiger partial charge in [-0.05, 0) is 104 Å². The number of carbonyl (C=O) groups is 2. The number of alkyl halides is 4. The molecule has 0 spiro atoms. The Balaban J connectivity index is 0.821. The molecule has 4 aromatic heterocycles. The summed E-state index contributed by atoms with van der Waals surface area (Å²) in [4.78, 5) is 64.1. The average Bonchev–Trinajstić information content (AvgIpc) is 1.76. The maximum absolute atomic E-state index is 18.0. The summed E-state index contributed by atoms with van der Waals surface area (Å²) in [6.45, 7) is 9.87. The minimum absolute atomic E-state index is 0.00345. The van der Waals surface area contributed by atoms with Crippen LogP contribution in [0.15, 0.2) is 98.4 Å². The molecule has 2 amide bonds. The van der Waals surface area contributed by atoms with Gasteiger partial charge in [0.1, 0.15) is 65.4 Å². The maximum Gasteiger partial charge on any atom is 0.319 e. The highest BCUT2D eigenvalue weighted by Gasteiger charge is 2.55. The van der Waals surface area contributed by atoms with Gasteiger partial charge in [-0.15, -0.1) is 0 Å². The number of fused-ring (bicyclic) bond motifs is 6. The minimum Gasteiger partial charge on any atom is -0.461 e. The predicted octanol–water partition coefficient (Wildman–Crippen LogP) is 12.1. The summed E-state index contributed by atoms with van der Waals surface area (Å²) in [5.74, 6) is -2.72. The van der Waals surface area contributed by atoms with E-state index in [1.54, 1.807) is 55.3 Å². The number of nitrogens with zero attached hydrogens (tertiary/aromatic N) is 12. The van der Waals surface area contributed by atoms with E-state index in [1.165, 1.54) is 34.3 Å². The Morgan fingerprint density at radius 1 is 0.717 bits per heavy atom. The van der Waals surface area contributed by atoms with E-state index in [2.05, 4.69) is 28.0 Å². The molecular formula is C68H66ClF7N12O4. The van der Waals surface area contributed by atoms with Gasteiger partial charge in [-0.2, -0.15) is 19.9 Å². The van der Waals surface area contributed by atoms with Gasteiger partial charge < -0.3 is 29.1 Å². The van der Waals surface area contributed by atoms with Crippen molar-refractivity contribution < 1.29 is 49.8 Å². The predicted molar refractivity (Wildman–Crippen MR) is 337 cm³/mol. The van der Waals surface area contributed by atoms with Crippen LogP contribution in [0.3, 0.4) is 0 Å². The number of anilines is 2. The van der Waals surface area contributed by atoms with Crippen molar-refractivity contribution in [2.75, 3.05) is 82.4 Å². The molecule has 7 atom stereocenters. The monoisotopic (exact) mass is 1280 g/mol. The number of hydrogen-bond donors (Lipinski definition) is 0. The SMILES string of the molecule is C=CC(=O)N1CC[C@@H](N(C)c2nc(OC[C@@]34CCCN3C[C@H](F)C4)nc3c(F)c(-c4cccc5c(C6CC[C@@]7(COc8nc(N(CC(F)F)[C@@H]9CCN(C(=O)C=C)C9)c9cnc(-c%10cccc%11cccc(Cl)c%10%11)c(F)c9n8)C[C@@H](F)CN67)cc(F)c(C)c45)ncc23)C1. The number of aryl methyl sites for hydroxylation is 1. The molecule has 14 rings (SSSR count). The van der Waals surface area contributed by atoms with E-state index in [9.17, 15) is 22.8 Å². The molecule has 6 fully saturated rings. The Kier molecular flexibility index (Phi) is 16.0. The standard InChI is InChI=1S/C68H66ClF7N12O4/c1-5-53(89)84-23-18-41(32-84)83(4)63-47-28-77-59(57(75)61(47)79-65(81-63)91-35-67-20-10-22-86(67)30-39(70)26-67)44-15-9-13-43-46(25-50(72)37(3)55(43)44)51-17-21-68(27-40(71)31-88(51)68)36-92-66-80-62-48(64(82-66)87(34-52(73)74)42-19-24-85(33-42)54(90)6-2)29-78-60(58(62)76)45-14-7-11-38-12-8-16-49(69)56(38)45/h5-9,11-16,25,28-29,39-42,51-52H,1-2,10,17-24,26-27,30-36H2,3-4H3/t39-,40-,41-,42-,51?,67+,68+/m1/s1. The summed E-state index contributed by atoms with van der Waals surface area (Å²) in [5.41, 5.74) is -0.943. The van der Waals surface area contributed by atoms with Gasteiger partial charge in [0, 0.05) is 111 Å². The third-order valence-corrected chi connectivity index (χ3v) is 20.5. The summed E-state index contributed by atoms with van der Waals surface area (Å²) < 4.78 is 126. The normalized spacial score (nSPS) is 24.0. The Morgan fingerprint density at radius 2 is 1.30 bits per heavy atom. The molecule has 0 N–H and O–H groups in total. The van der Waals surface area contributed by atoms with Gasteiger partial charge in [-0.3, -0.25) is 29.4 Å².